The summed E-state index contributed by atoms with van der Waals surface area (Å²) in [5.74, 6) is -0.436. The molecule has 0 aliphatic carbocycles. The molecule has 0 bridgehead atoms. The highest BCUT2D eigenvalue weighted by molar-refractivity contribution is 7.18. The molecular formula is C20H26N2O4S2. The second kappa shape index (κ2) is 10.2. The van der Waals surface area contributed by atoms with Crippen LogP contribution >= 0.6 is 22.7 Å². The second-order valence-electron chi connectivity index (χ2n) is 6.78. The third kappa shape index (κ3) is 5.88. The van der Waals surface area contributed by atoms with Gasteiger partial charge < -0.3 is 14.8 Å². The number of carbonyl (C=O) groups excluding carboxylic acids is 2. The molecule has 152 valence electrons. The summed E-state index contributed by atoms with van der Waals surface area (Å²) in [7, 11) is 0. The lowest BCUT2D eigenvalue weighted by Crippen LogP contribution is -2.37. The van der Waals surface area contributed by atoms with Gasteiger partial charge in [0.15, 0.2) is 0 Å². The van der Waals surface area contributed by atoms with Gasteiger partial charge in [-0.3, -0.25) is 9.69 Å². The number of hydrogen-bond donors (Lipinski definition) is 1. The summed E-state index contributed by atoms with van der Waals surface area (Å²) >= 11 is 2.94. The Morgan fingerprint density at radius 3 is 2.96 bits per heavy atom. The fourth-order valence-corrected chi connectivity index (χ4v) is 4.94. The van der Waals surface area contributed by atoms with Crippen LogP contribution in [0.1, 0.15) is 39.9 Å². The van der Waals surface area contributed by atoms with Crippen molar-refractivity contribution in [2.75, 3.05) is 31.6 Å². The van der Waals surface area contributed by atoms with E-state index in [4.69, 9.17) is 9.47 Å². The molecule has 1 aliphatic heterocycles. The molecule has 1 atom stereocenters. The number of esters is 1. The number of thiophene rings is 2. The third-order valence-electron chi connectivity index (χ3n) is 4.45. The number of aryl methyl sites for hydroxylation is 1. The van der Waals surface area contributed by atoms with Crippen molar-refractivity contribution in [2.24, 2.45) is 0 Å². The molecule has 0 spiro atoms. The Morgan fingerprint density at radius 1 is 1.43 bits per heavy atom. The van der Waals surface area contributed by atoms with Gasteiger partial charge in [-0.1, -0.05) is 6.07 Å². The summed E-state index contributed by atoms with van der Waals surface area (Å²) in [5, 5.41) is 5.64. The highest BCUT2D eigenvalue weighted by Crippen LogP contribution is 2.27. The molecule has 0 saturated carbocycles. The number of nitrogens with zero attached hydrogens (tertiary/aromatic N) is 1. The molecule has 6 nitrogen and oxygen atoms in total. The molecule has 1 fully saturated rings. The summed E-state index contributed by atoms with van der Waals surface area (Å²) in [6, 6.07) is 5.92. The Balaban J connectivity index is 1.61. The Morgan fingerprint density at radius 2 is 2.29 bits per heavy atom. The van der Waals surface area contributed by atoms with Gasteiger partial charge in [0.2, 0.25) is 5.91 Å². The number of carbonyl (C=O) groups is 2. The number of rotatable bonds is 9. The number of nitrogens with one attached hydrogen (secondary N) is 1. The fourth-order valence-electron chi connectivity index (χ4n) is 3.21. The predicted octanol–water partition coefficient (Wildman–Crippen LogP) is 3.91. The normalized spacial score (nSPS) is 16.5. The van der Waals surface area contributed by atoms with E-state index in [1.54, 1.807) is 18.3 Å². The van der Waals surface area contributed by atoms with Crippen molar-refractivity contribution in [1.82, 2.24) is 4.90 Å². The van der Waals surface area contributed by atoms with Crippen molar-refractivity contribution in [1.29, 1.82) is 0 Å². The van der Waals surface area contributed by atoms with E-state index in [1.165, 1.54) is 16.2 Å². The average Bonchev–Trinajstić information content (AvgIpc) is 3.38. The molecule has 1 aliphatic rings. The highest BCUT2D eigenvalue weighted by Gasteiger charge is 2.22. The first-order valence-corrected chi connectivity index (χ1v) is 11.2. The van der Waals surface area contributed by atoms with Crippen molar-refractivity contribution in [2.45, 2.75) is 39.3 Å². The summed E-state index contributed by atoms with van der Waals surface area (Å²) in [6.07, 6.45) is 2.30. The molecule has 1 saturated heterocycles. The monoisotopic (exact) mass is 422 g/mol. The first-order valence-electron chi connectivity index (χ1n) is 9.49. The summed E-state index contributed by atoms with van der Waals surface area (Å²) < 4.78 is 10.8. The maximum absolute atomic E-state index is 12.6. The lowest BCUT2D eigenvalue weighted by molar-refractivity contribution is -0.117. The van der Waals surface area contributed by atoms with E-state index in [9.17, 15) is 9.59 Å². The first kappa shape index (κ1) is 21.0. The Bertz CT molecular complexity index is 782. The average molecular weight is 423 g/mol. The van der Waals surface area contributed by atoms with Gasteiger partial charge in [-0.25, -0.2) is 4.79 Å². The quantitative estimate of drug-likeness (QED) is 0.621. The van der Waals surface area contributed by atoms with E-state index in [0.717, 1.165) is 38.1 Å². The standard InChI is InChI=1S/C20H26N2O4S2/c1-3-25-20(24)19-14(2)10-18(28-19)21-17(23)13-22(11-15-6-4-8-26-15)12-16-7-5-9-27-16/h5,7,9-10,15H,3-4,6,8,11-13H2,1-2H3,(H,21,23). The van der Waals surface area contributed by atoms with Crippen LogP contribution in [0.15, 0.2) is 23.6 Å². The lowest BCUT2D eigenvalue weighted by Gasteiger charge is -2.24. The SMILES string of the molecule is CCOC(=O)c1sc(NC(=O)CN(Cc2cccs2)CC2CCCO2)cc1C. The minimum atomic E-state index is -0.344. The summed E-state index contributed by atoms with van der Waals surface area (Å²) in [6.45, 7) is 6.50. The van der Waals surface area contributed by atoms with Crippen LogP contribution in [0.2, 0.25) is 0 Å². The minimum Gasteiger partial charge on any atom is -0.462 e. The molecule has 0 aromatic carbocycles. The van der Waals surface area contributed by atoms with Crippen molar-refractivity contribution in [3.63, 3.8) is 0 Å². The van der Waals surface area contributed by atoms with Crippen LogP contribution in [0.4, 0.5) is 5.00 Å². The zero-order valence-corrected chi connectivity index (χ0v) is 17.9. The largest absolute Gasteiger partial charge is 0.462 e. The van der Waals surface area contributed by atoms with Gasteiger partial charge in [-0.15, -0.1) is 22.7 Å². The highest BCUT2D eigenvalue weighted by atomic mass is 32.1. The Labute approximate surface area is 173 Å². The van der Waals surface area contributed by atoms with Crippen molar-refractivity contribution >= 4 is 39.6 Å². The van der Waals surface area contributed by atoms with Gasteiger partial charge in [0.05, 0.1) is 24.3 Å². The van der Waals surface area contributed by atoms with E-state index in [2.05, 4.69) is 16.3 Å². The van der Waals surface area contributed by atoms with Crippen LogP contribution < -0.4 is 5.32 Å². The van der Waals surface area contributed by atoms with Crippen LogP contribution in [-0.2, 0) is 20.8 Å². The van der Waals surface area contributed by atoms with E-state index in [1.807, 2.05) is 24.4 Å². The third-order valence-corrected chi connectivity index (χ3v) is 6.45. The molecule has 2 aromatic heterocycles. The number of hydrogen-bond acceptors (Lipinski definition) is 7. The smallest absolute Gasteiger partial charge is 0.348 e. The first-order chi connectivity index (χ1) is 13.5. The molecule has 1 amide bonds. The van der Waals surface area contributed by atoms with Gasteiger partial charge in [0.25, 0.3) is 0 Å². The molecule has 1 N–H and O–H groups in total. The zero-order chi connectivity index (χ0) is 19.9. The van der Waals surface area contributed by atoms with E-state index >= 15 is 0 Å². The molecule has 0 radical (unpaired) electrons. The molecule has 8 heteroatoms. The second-order valence-corrected chi connectivity index (χ2v) is 8.86. The van der Waals surface area contributed by atoms with Gasteiger partial charge in [-0.05, 0) is 49.8 Å². The molecule has 28 heavy (non-hydrogen) atoms. The molecule has 3 rings (SSSR count). The van der Waals surface area contributed by atoms with Crippen LogP contribution in [0.5, 0.6) is 0 Å². The van der Waals surface area contributed by atoms with Crippen LogP contribution in [-0.4, -0.2) is 49.2 Å². The van der Waals surface area contributed by atoms with Crippen LogP contribution in [0, 0.1) is 6.92 Å². The molecule has 2 aromatic rings. The Kier molecular flexibility index (Phi) is 7.61. The lowest BCUT2D eigenvalue weighted by atomic mass is 10.2. The van der Waals surface area contributed by atoms with Crippen molar-refractivity contribution < 1.29 is 19.1 Å². The number of ether oxygens (including phenoxy) is 2. The summed E-state index contributed by atoms with van der Waals surface area (Å²) in [4.78, 5) is 28.5. The van der Waals surface area contributed by atoms with Gasteiger partial charge >= 0.3 is 5.97 Å². The van der Waals surface area contributed by atoms with Gasteiger partial charge in [0, 0.05) is 24.6 Å². The Hall–Kier alpha value is -1.74. The van der Waals surface area contributed by atoms with Crippen molar-refractivity contribution in [3.8, 4) is 0 Å². The van der Waals surface area contributed by atoms with E-state index in [-0.39, 0.29) is 24.5 Å². The van der Waals surface area contributed by atoms with Gasteiger partial charge in [0.1, 0.15) is 4.88 Å². The van der Waals surface area contributed by atoms with E-state index < -0.39 is 0 Å². The predicted molar refractivity (Wildman–Crippen MR) is 112 cm³/mol. The molecular weight excluding hydrogens is 396 g/mol. The molecule has 1 unspecified atom stereocenters. The number of amides is 1. The van der Waals surface area contributed by atoms with Crippen LogP contribution in [0.3, 0.4) is 0 Å². The topological polar surface area (TPSA) is 67.9 Å². The van der Waals surface area contributed by atoms with Crippen LogP contribution in [0.25, 0.3) is 0 Å². The van der Waals surface area contributed by atoms with E-state index in [0.29, 0.717) is 16.5 Å². The molecule has 3 heterocycles. The van der Waals surface area contributed by atoms with Crippen molar-refractivity contribution in [3.05, 3.63) is 38.9 Å². The maximum atomic E-state index is 12.6. The zero-order valence-electron chi connectivity index (χ0n) is 16.2. The summed E-state index contributed by atoms with van der Waals surface area (Å²) in [5.41, 5.74) is 0.813. The van der Waals surface area contributed by atoms with Gasteiger partial charge in [-0.2, -0.15) is 0 Å². The minimum absolute atomic E-state index is 0.0915. The fraction of sp³-hybridized carbons (Fsp3) is 0.500. The number of anilines is 1. The maximum Gasteiger partial charge on any atom is 0.348 e.